The van der Waals surface area contributed by atoms with E-state index in [1.54, 1.807) is 6.08 Å². The summed E-state index contributed by atoms with van der Waals surface area (Å²) in [7, 11) is 0. The zero-order valence-electron chi connectivity index (χ0n) is 4.61. The molecule has 0 spiro atoms. The van der Waals surface area contributed by atoms with Crippen molar-refractivity contribution in [3.8, 4) is 6.07 Å². The lowest BCUT2D eigenvalue weighted by Gasteiger charge is -2.00. The SMILES string of the molecule is N#CC1(Br)C=C(Br)C(Br)=N1. The number of hydrogen-bond acceptors (Lipinski definition) is 2. The zero-order chi connectivity index (χ0) is 7.78. The molecule has 1 atom stereocenters. The van der Waals surface area contributed by atoms with Crippen LogP contribution in [0.1, 0.15) is 0 Å². The second-order valence-electron chi connectivity index (χ2n) is 1.68. The molecule has 5 heteroatoms. The molecule has 1 heterocycles. The minimum absolute atomic E-state index is 0.658. The van der Waals surface area contributed by atoms with Crippen LogP contribution < -0.4 is 0 Å². The van der Waals surface area contributed by atoms with E-state index in [9.17, 15) is 0 Å². The van der Waals surface area contributed by atoms with Crippen molar-refractivity contribution in [2.75, 3.05) is 0 Å². The second kappa shape index (κ2) is 2.76. The molecular formula is C5HBr3N2. The molecule has 0 amide bonds. The lowest BCUT2D eigenvalue weighted by molar-refractivity contribution is 1.01. The number of aliphatic imine (C=N–C) groups is 1. The van der Waals surface area contributed by atoms with Gasteiger partial charge in [-0.25, -0.2) is 4.99 Å². The van der Waals surface area contributed by atoms with E-state index in [0.717, 1.165) is 4.48 Å². The van der Waals surface area contributed by atoms with E-state index in [-0.39, 0.29) is 0 Å². The van der Waals surface area contributed by atoms with Crippen molar-refractivity contribution >= 4 is 52.4 Å². The molecule has 1 aliphatic heterocycles. The smallest absolute Gasteiger partial charge is 0.221 e. The fraction of sp³-hybridized carbons (Fsp3) is 0.200. The van der Waals surface area contributed by atoms with Gasteiger partial charge >= 0.3 is 0 Å². The first-order valence-electron chi connectivity index (χ1n) is 2.32. The number of allylic oxidation sites excluding steroid dienone is 1. The van der Waals surface area contributed by atoms with Crippen LogP contribution in [0.5, 0.6) is 0 Å². The van der Waals surface area contributed by atoms with Crippen LogP contribution in [-0.4, -0.2) is 9.07 Å². The number of nitriles is 1. The van der Waals surface area contributed by atoms with Crippen LogP contribution in [0.2, 0.25) is 0 Å². The predicted octanol–water partition coefficient (Wildman–Crippen LogP) is 2.69. The number of nitrogens with zero attached hydrogens (tertiary/aromatic N) is 2. The first-order chi connectivity index (χ1) is 4.57. The van der Waals surface area contributed by atoms with E-state index in [2.05, 4.69) is 52.8 Å². The van der Waals surface area contributed by atoms with Gasteiger partial charge in [-0.15, -0.1) is 0 Å². The molecule has 0 saturated heterocycles. The van der Waals surface area contributed by atoms with E-state index < -0.39 is 4.45 Å². The van der Waals surface area contributed by atoms with Crippen molar-refractivity contribution in [2.45, 2.75) is 4.45 Å². The van der Waals surface area contributed by atoms with E-state index in [4.69, 9.17) is 5.26 Å². The van der Waals surface area contributed by atoms with Crippen LogP contribution in [0.3, 0.4) is 0 Å². The Bertz CT molecular complexity index is 243. The molecule has 0 radical (unpaired) electrons. The maximum atomic E-state index is 8.57. The normalized spacial score (nSPS) is 31.0. The molecule has 2 nitrogen and oxygen atoms in total. The molecule has 0 fully saturated rings. The number of alkyl halides is 1. The van der Waals surface area contributed by atoms with Gasteiger partial charge in [-0.1, -0.05) is 0 Å². The molecule has 0 saturated carbocycles. The molecule has 0 aromatic heterocycles. The highest BCUT2D eigenvalue weighted by atomic mass is 79.9. The third-order valence-corrected chi connectivity index (χ3v) is 3.26. The fourth-order valence-corrected chi connectivity index (χ4v) is 2.28. The van der Waals surface area contributed by atoms with Crippen LogP contribution in [0.4, 0.5) is 0 Å². The molecule has 1 unspecified atom stereocenters. The average Bonchev–Trinajstić information content (AvgIpc) is 2.10. The van der Waals surface area contributed by atoms with Gasteiger partial charge in [-0.3, -0.25) is 0 Å². The highest BCUT2D eigenvalue weighted by Crippen LogP contribution is 2.33. The summed E-state index contributed by atoms with van der Waals surface area (Å²) in [6, 6.07) is 1.99. The van der Waals surface area contributed by atoms with E-state index >= 15 is 0 Å². The van der Waals surface area contributed by atoms with Crippen LogP contribution in [0.25, 0.3) is 0 Å². The Kier molecular flexibility index (Phi) is 2.33. The third kappa shape index (κ3) is 1.49. The molecular weight excluding hydrogens is 328 g/mol. The lowest BCUT2D eigenvalue weighted by atomic mass is 10.3. The summed E-state index contributed by atoms with van der Waals surface area (Å²) in [5.41, 5.74) is 0. The van der Waals surface area contributed by atoms with Crippen LogP contribution in [0, 0.1) is 11.3 Å². The molecule has 1 rings (SSSR count). The predicted molar refractivity (Wildman–Crippen MR) is 50.6 cm³/mol. The molecule has 0 bridgehead atoms. The third-order valence-electron chi connectivity index (χ3n) is 0.933. The molecule has 0 aliphatic carbocycles. The van der Waals surface area contributed by atoms with Gasteiger partial charge in [0.2, 0.25) is 4.45 Å². The van der Waals surface area contributed by atoms with Crippen molar-refractivity contribution in [1.82, 2.24) is 0 Å². The van der Waals surface area contributed by atoms with Gasteiger partial charge in [0.05, 0.1) is 4.48 Å². The van der Waals surface area contributed by atoms with Gasteiger partial charge in [-0.05, 0) is 53.9 Å². The average molecular weight is 329 g/mol. The maximum Gasteiger partial charge on any atom is 0.221 e. The summed E-state index contributed by atoms with van der Waals surface area (Å²) in [6.45, 7) is 0. The molecule has 0 aromatic carbocycles. The Morgan fingerprint density at radius 1 is 1.60 bits per heavy atom. The largest absolute Gasteiger partial charge is 0.239 e. The number of halogens is 3. The minimum Gasteiger partial charge on any atom is -0.239 e. The Labute approximate surface area is 83.4 Å². The van der Waals surface area contributed by atoms with E-state index in [1.165, 1.54) is 0 Å². The van der Waals surface area contributed by atoms with Crippen molar-refractivity contribution in [3.05, 3.63) is 10.6 Å². The molecule has 0 aromatic rings. The topological polar surface area (TPSA) is 36.1 Å². The molecule has 10 heavy (non-hydrogen) atoms. The summed E-state index contributed by atoms with van der Waals surface area (Å²) < 4.78 is 0.585. The van der Waals surface area contributed by atoms with Crippen LogP contribution >= 0.6 is 47.8 Å². The Morgan fingerprint density at radius 3 is 2.40 bits per heavy atom. The Morgan fingerprint density at radius 2 is 2.20 bits per heavy atom. The Balaban J connectivity index is 3.06. The van der Waals surface area contributed by atoms with Crippen LogP contribution in [0.15, 0.2) is 15.6 Å². The van der Waals surface area contributed by atoms with Crippen molar-refractivity contribution < 1.29 is 0 Å². The van der Waals surface area contributed by atoms with Gasteiger partial charge in [0, 0.05) is 0 Å². The van der Waals surface area contributed by atoms with Crippen molar-refractivity contribution in [2.24, 2.45) is 4.99 Å². The van der Waals surface area contributed by atoms with Crippen LogP contribution in [-0.2, 0) is 0 Å². The van der Waals surface area contributed by atoms with E-state index in [1.807, 2.05) is 6.07 Å². The maximum absolute atomic E-state index is 8.57. The summed E-state index contributed by atoms with van der Waals surface area (Å²) in [5.74, 6) is 0. The molecule has 52 valence electrons. The summed E-state index contributed by atoms with van der Waals surface area (Å²) in [6.07, 6.45) is 1.68. The summed E-state index contributed by atoms with van der Waals surface area (Å²) in [4.78, 5) is 3.97. The van der Waals surface area contributed by atoms with Crippen molar-refractivity contribution in [3.63, 3.8) is 0 Å². The highest BCUT2D eigenvalue weighted by Gasteiger charge is 2.29. The molecule has 1 aliphatic rings. The minimum atomic E-state index is -0.870. The van der Waals surface area contributed by atoms with E-state index in [0.29, 0.717) is 4.62 Å². The standard InChI is InChI=1S/C5HBr3N2/c6-3-1-5(8,2-9)10-4(3)7/h1H. The number of rotatable bonds is 0. The monoisotopic (exact) mass is 326 g/mol. The lowest BCUT2D eigenvalue weighted by Crippen LogP contribution is -2.06. The summed E-state index contributed by atoms with van der Waals surface area (Å²) >= 11 is 9.54. The molecule has 0 N–H and O–H groups in total. The van der Waals surface area contributed by atoms with Gasteiger partial charge in [-0.2, -0.15) is 5.26 Å². The van der Waals surface area contributed by atoms with Crippen molar-refractivity contribution in [1.29, 1.82) is 5.26 Å². The van der Waals surface area contributed by atoms with Gasteiger partial charge in [0.25, 0.3) is 0 Å². The zero-order valence-corrected chi connectivity index (χ0v) is 9.36. The first-order valence-corrected chi connectivity index (χ1v) is 4.69. The Hall–Kier alpha value is 0.340. The second-order valence-corrected chi connectivity index (χ2v) is 4.49. The van der Waals surface area contributed by atoms with Gasteiger partial charge in [0.1, 0.15) is 10.7 Å². The first kappa shape index (κ1) is 8.44. The fourth-order valence-electron chi connectivity index (χ4n) is 0.513. The van der Waals surface area contributed by atoms with Gasteiger partial charge in [0.15, 0.2) is 0 Å². The number of hydrogen-bond donors (Lipinski definition) is 0. The summed E-state index contributed by atoms with van der Waals surface area (Å²) in [5, 5.41) is 8.57. The quantitative estimate of drug-likeness (QED) is 0.497. The van der Waals surface area contributed by atoms with Gasteiger partial charge < -0.3 is 0 Å². The highest BCUT2D eigenvalue weighted by molar-refractivity contribution is 9.21.